The number of aromatic nitrogens is 4. The van der Waals surface area contributed by atoms with Gasteiger partial charge in [-0.15, -0.1) is 0 Å². The predicted molar refractivity (Wildman–Crippen MR) is 109 cm³/mol. The third-order valence-electron chi connectivity index (χ3n) is 4.87. The van der Waals surface area contributed by atoms with Gasteiger partial charge in [-0.1, -0.05) is 0 Å². The summed E-state index contributed by atoms with van der Waals surface area (Å²) in [7, 11) is -3.29. The van der Waals surface area contributed by atoms with E-state index in [1.165, 1.54) is 12.6 Å². The van der Waals surface area contributed by atoms with Gasteiger partial charge in [-0.3, -0.25) is 0 Å². The van der Waals surface area contributed by atoms with Gasteiger partial charge in [0.15, 0.2) is 9.84 Å². The fraction of sp³-hybridized carbons (Fsp3) is 0.368. The highest BCUT2D eigenvalue weighted by atomic mass is 32.2. The standard InChI is InChI=1S/C19H22N6O2S/c1-13-10-18(23-14(2)22-13)24-6-8-25(9-7-24)19-16-11-15(28(3,26)27)4-5-17(16)20-12-21-19/h4-5,10-12H,6-9H2,1-3H3. The van der Waals surface area contributed by atoms with Crippen LogP contribution >= 0.6 is 0 Å². The smallest absolute Gasteiger partial charge is 0.175 e. The minimum Gasteiger partial charge on any atom is -0.353 e. The zero-order chi connectivity index (χ0) is 19.9. The van der Waals surface area contributed by atoms with Crippen molar-refractivity contribution in [2.45, 2.75) is 18.7 Å². The number of fused-ring (bicyclic) bond motifs is 1. The molecule has 1 aliphatic rings. The summed E-state index contributed by atoms with van der Waals surface area (Å²) in [5.41, 5.74) is 1.70. The van der Waals surface area contributed by atoms with E-state index in [2.05, 4.69) is 29.7 Å². The Kier molecular flexibility index (Phi) is 4.62. The first-order valence-corrected chi connectivity index (χ1v) is 11.0. The fourth-order valence-corrected chi connectivity index (χ4v) is 4.16. The van der Waals surface area contributed by atoms with E-state index >= 15 is 0 Å². The van der Waals surface area contributed by atoms with Crippen molar-refractivity contribution in [3.8, 4) is 0 Å². The van der Waals surface area contributed by atoms with E-state index < -0.39 is 9.84 Å². The monoisotopic (exact) mass is 398 g/mol. The molecular formula is C19H22N6O2S. The van der Waals surface area contributed by atoms with Gasteiger partial charge in [0, 0.05) is 49.6 Å². The molecule has 0 unspecified atom stereocenters. The van der Waals surface area contributed by atoms with Crippen molar-refractivity contribution in [2.75, 3.05) is 42.2 Å². The molecule has 1 aromatic carbocycles. The molecule has 0 atom stereocenters. The summed E-state index contributed by atoms with van der Waals surface area (Å²) >= 11 is 0. The second kappa shape index (κ2) is 6.97. The first-order chi connectivity index (χ1) is 13.3. The van der Waals surface area contributed by atoms with Crippen LogP contribution in [0.5, 0.6) is 0 Å². The van der Waals surface area contributed by atoms with Crippen LogP contribution in [0.4, 0.5) is 11.6 Å². The summed E-state index contributed by atoms with van der Waals surface area (Å²) < 4.78 is 23.9. The Morgan fingerprint density at radius 1 is 0.929 bits per heavy atom. The highest BCUT2D eigenvalue weighted by molar-refractivity contribution is 7.90. The molecular weight excluding hydrogens is 376 g/mol. The summed E-state index contributed by atoms with van der Waals surface area (Å²) in [5, 5.41) is 0.757. The Balaban J connectivity index is 1.61. The molecule has 0 aliphatic carbocycles. The van der Waals surface area contributed by atoms with E-state index in [0.29, 0.717) is 0 Å². The Labute approximate surface area is 164 Å². The number of piperazine rings is 1. The zero-order valence-electron chi connectivity index (χ0n) is 16.1. The topological polar surface area (TPSA) is 92.2 Å². The number of nitrogens with zero attached hydrogens (tertiary/aromatic N) is 6. The third-order valence-corrected chi connectivity index (χ3v) is 5.98. The number of anilines is 2. The average Bonchev–Trinajstić information content (AvgIpc) is 2.66. The molecule has 8 nitrogen and oxygen atoms in total. The molecule has 9 heteroatoms. The van der Waals surface area contributed by atoms with Crippen molar-refractivity contribution in [2.24, 2.45) is 0 Å². The molecule has 28 heavy (non-hydrogen) atoms. The van der Waals surface area contributed by atoms with Crippen LogP contribution in [0.1, 0.15) is 11.5 Å². The summed E-state index contributed by atoms with van der Waals surface area (Å²) in [6.07, 6.45) is 2.74. The van der Waals surface area contributed by atoms with Gasteiger partial charge in [0.05, 0.1) is 10.4 Å². The summed E-state index contributed by atoms with van der Waals surface area (Å²) in [5.74, 6) is 2.48. The first kappa shape index (κ1) is 18.5. The molecule has 3 aromatic rings. The van der Waals surface area contributed by atoms with Gasteiger partial charge in [-0.2, -0.15) is 0 Å². The van der Waals surface area contributed by atoms with Gasteiger partial charge in [0.1, 0.15) is 23.8 Å². The second-order valence-electron chi connectivity index (χ2n) is 7.04. The minimum atomic E-state index is -3.29. The van der Waals surface area contributed by atoms with Crippen LogP contribution in [-0.2, 0) is 9.84 Å². The number of benzene rings is 1. The number of rotatable bonds is 3. The SMILES string of the molecule is Cc1cc(N2CCN(c3ncnc4ccc(S(C)(=O)=O)cc34)CC2)nc(C)n1. The summed E-state index contributed by atoms with van der Waals surface area (Å²) in [4.78, 5) is 22.3. The second-order valence-corrected chi connectivity index (χ2v) is 9.05. The fourth-order valence-electron chi connectivity index (χ4n) is 3.51. The van der Waals surface area contributed by atoms with Gasteiger partial charge in [0.25, 0.3) is 0 Å². The predicted octanol–water partition coefficient (Wildman–Crippen LogP) is 1.77. The number of aryl methyl sites for hydroxylation is 2. The molecule has 4 rings (SSSR count). The van der Waals surface area contributed by atoms with E-state index in [4.69, 9.17) is 0 Å². The largest absolute Gasteiger partial charge is 0.353 e. The Hall–Kier alpha value is -2.81. The molecule has 2 aromatic heterocycles. The van der Waals surface area contributed by atoms with Crippen LogP contribution in [0, 0.1) is 13.8 Å². The Morgan fingerprint density at radius 3 is 2.32 bits per heavy atom. The molecule has 0 bridgehead atoms. The Bertz CT molecular complexity index is 1120. The molecule has 1 saturated heterocycles. The molecule has 0 saturated carbocycles. The molecule has 0 spiro atoms. The van der Waals surface area contributed by atoms with Crippen LogP contribution < -0.4 is 9.80 Å². The van der Waals surface area contributed by atoms with Gasteiger partial charge < -0.3 is 9.80 Å². The van der Waals surface area contributed by atoms with E-state index in [1.54, 1.807) is 18.2 Å². The quantitative estimate of drug-likeness (QED) is 0.659. The van der Waals surface area contributed by atoms with Crippen LogP contribution in [0.3, 0.4) is 0 Å². The maximum Gasteiger partial charge on any atom is 0.175 e. The highest BCUT2D eigenvalue weighted by Gasteiger charge is 2.22. The molecule has 0 amide bonds. The van der Waals surface area contributed by atoms with E-state index in [-0.39, 0.29) is 4.90 Å². The molecule has 1 aliphatic heterocycles. The lowest BCUT2D eigenvalue weighted by atomic mass is 10.2. The summed E-state index contributed by atoms with van der Waals surface area (Å²) in [6.45, 7) is 6.99. The number of hydrogen-bond acceptors (Lipinski definition) is 8. The maximum absolute atomic E-state index is 11.9. The van der Waals surface area contributed by atoms with Crippen molar-refractivity contribution in [1.82, 2.24) is 19.9 Å². The highest BCUT2D eigenvalue weighted by Crippen LogP contribution is 2.27. The van der Waals surface area contributed by atoms with Crippen LogP contribution in [0.15, 0.2) is 35.5 Å². The van der Waals surface area contributed by atoms with Crippen LogP contribution in [0.2, 0.25) is 0 Å². The van der Waals surface area contributed by atoms with Crippen molar-refractivity contribution in [3.05, 3.63) is 42.1 Å². The first-order valence-electron chi connectivity index (χ1n) is 9.08. The maximum atomic E-state index is 11.9. The molecule has 146 valence electrons. The van der Waals surface area contributed by atoms with Crippen molar-refractivity contribution in [3.63, 3.8) is 0 Å². The lowest BCUT2D eigenvalue weighted by Crippen LogP contribution is -2.47. The molecule has 3 heterocycles. The lowest BCUT2D eigenvalue weighted by molar-refractivity contribution is 0.602. The summed E-state index contributed by atoms with van der Waals surface area (Å²) in [6, 6.07) is 7.00. The number of hydrogen-bond donors (Lipinski definition) is 0. The molecule has 1 fully saturated rings. The Morgan fingerprint density at radius 2 is 1.64 bits per heavy atom. The van der Waals surface area contributed by atoms with Crippen molar-refractivity contribution < 1.29 is 8.42 Å². The third kappa shape index (κ3) is 3.62. The lowest BCUT2D eigenvalue weighted by Gasteiger charge is -2.36. The minimum absolute atomic E-state index is 0.279. The molecule has 0 N–H and O–H groups in total. The van der Waals surface area contributed by atoms with Gasteiger partial charge in [-0.25, -0.2) is 28.4 Å². The van der Waals surface area contributed by atoms with Gasteiger partial charge in [0.2, 0.25) is 0 Å². The zero-order valence-corrected chi connectivity index (χ0v) is 16.9. The van der Waals surface area contributed by atoms with Gasteiger partial charge >= 0.3 is 0 Å². The van der Waals surface area contributed by atoms with E-state index in [0.717, 1.165) is 60.2 Å². The normalized spacial score (nSPS) is 15.2. The number of sulfone groups is 1. The van der Waals surface area contributed by atoms with E-state index in [1.807, 2.05) is 19.9 Å². The van der Waals surface area contributed by atoms with Crippen molar-refractivity contribution in [1.29, 1.82) is 0 Å². The average molecular weight is 398 g/mol. The van der Waals surface area contributed by atoms with Gasteiger partial charge in [-0.05, 0) is 32.0 Å². The van der Waals surface area contributed by atoms with Crippen molar-refractivity contribution >= 4 is 32.4 Å². The van der Waals surface area contributed by atoms with Crippen LogP contribution in [0.25, 0.3) is 10.9 Å². The van der Waals surface area contributed by atoms with E-state index in [9.17, 15) is 8.42 Å². The van der Waals surface area contributed by atoms with Crippen LogP contribution in [-0.4, -0.2) is 60.8 Å². The molecule has 0 radical (unpaired) electrons.